The Kier molecular flexibility index (Phi) is 3.68. The fourth-order valence-corrected chi connectivity index (χ4v) is 1.98. The predicted molar refractivity (Wildman–Crippen MR) is 47.8 cm³/mol. The van der Waals surface area contributed by atoms with Crippen molar-refractivity contribution in [3.8, 4) is 0 Å². The second kappa shape index (κ2) is 4.57. The van der Waals surface area contributed by atoms with Crippen LogP contribution in [0.25, 0.3) is 0 Å². The second-order valence-corrected chi connectivity index (χ2v) is 4.15. The molecule has 1 heterocycles. The van der Waals surface area contributed by atoms with Crippen LogP contribution in [0.2, 0.25) is 0 Å². The molecule has 0 aromatic heterocycles. The molecule has 1 aliphatic heterocycles. The minimum atomic E-state index is -1.76. The van der Waals surface area contributed by atoms with Crippen LogP contribution in [-0.4, -0.2) is 45.2 Å². The molecule has 76 valence electrons. The van der Waals surface area contributed by atoms with Crippen LogP contribution < -0.4 is 0 Å². The van der Waals surface area contributed by atoms with Gasteiger partial charge < -0.3 is 14.2 Å². The first-order valence-electron chi connectivity index (χ1n) is 4.07. The topological polar surface area (TPSA) is 66.8 Å². The average molecular weight is 207 g/mol. The number of hydrogen-bond donors (Lipinski definition) is 1. The molecule has 1 saturated heterocycles. The first kappa shape index (κ1) is 10.5. The number of hydrogen-bond acceptors (Lipinski definition) is 3. The average Bonchev–Trinajstić information content (AvgIpc) is 2.17. The lowest BCUT2D eigenvalue weighted by molar-refractivity contribution is 0.115. The van der Waals surface area contributed by atoms with E-state index >= 15 is 0 Å². The number of rotatable bonds is 1. The highest BCUT2D eigenvalue weighted by molar-refractivity contribution is 7.79. The minimum absolute atomic E-state index is 0.194. The third kappa shape index (κ3) is 2.67. The largest absolute Gasteiger partial charge is 0.453 e. The quantitative estimate of drug-likeness (QED) is 0.633. The Hall–Kier alpha value is -0.620. The molecule has 0 spiro atoms. The zero-order chi connectivity index (χ0) is 9.84. The van der Waals surface area contributed by atoms with Crippen LogP contribution in [0.3, 0.4) is 0 Å². The van der Waals surface area contributed by atoms with Gasteiger partial charge >= 0.3 is 6.09 Å². The molecule has 0 aromatic carbocycles. The summed E-state index contributed by atoms with van der Waals surface area (Å²) in [6, 6.07) is 0. The maximum atomic E-state index is 11.0. The standard InChI is InChI=1S/C7H13NO4S/c1-12-7(9)8-4-2-6(3-5-8)13(10)11/h6H,2-5H2,1H3,(H,10,11). The van der Waals surface area contributed by atoms with Gasteiger partial charge in [-0.3, -0.25) is 0 Å². The number of nitrogens with zero attached hydrogens (tertiary/aromatic N) is 1. The number of ether oxygens (including phenoxy) is 1. The number of amides is 1. The summed E-state index contributed by atoms with van der Waals surface area (Å²) in [5, 5.41) is -0.194. The van der Waals surface area contributed by atoms with E-state index in [4.69, 9.17) is 4.55 Å². The lowest BCUT2D eigenvalue weighted by atomic mass is 10.1. The molecule has 0 bridgehead atoms. The smallest absolute Gasteiger partial charge is 0.409 e. The Bertz CT molecular complexity index is 213. The lowest BCUT2D eigenvalue weighted by Gasteiger charge is -2.28. The van der Waals surface area contributed by atoms with Crippen molar-refractivity contribution in [1.29, 1.82) is 0 Å². The summed E-state index contributed by atoms with van der Waals surface area (Å²) in [5.41, 5.74) is 0. The summed E-state index contributed by atoms with van der Waals surface area (Å²) in [7, 11) is 1.33. The molecular formula is C7H13NO4S. The molecule has 1 atom stereocenters. The summed E-state index contributed by atoms with van der Waals surface area (Å²) in [6.07, 6.45) is 0.776. The molecule has 5 nitrogen and oxygen atoms in total. The Morgan fingerprint density at radius 1 is 1.54 bits per heavy atom. The molecular weight excluding hydrogens is 194 g/mol. The molecule has 1 aliphatic rings. The van der Waals surface area contributed by atoms with E-state index in [0.29, 0.717) is 25.9 Å². The highest BCUT2D eigenvalue weighted by Gasteiger charge is 2.25. The summed E-state index contributed by atoms with van der Waals surface area (Å²) in [4.78, 5) is 12.6. The molecule has 1 rings (SSSR count). The van der Waals surface area contributed by atoms with Crippen LogP contribution in [0, 0.1) is 0 Å². The van der Waals surface area contributed by atoms with E-state index in [2.05, 4.69) is 4.74 Å². The number of methoxy groups -OCH3 is 1. The van der Waals surface area contributed by atoms with Crippen molar-refractivity contribution in [3.05, 3.63) is 0 Å². The van der Waals surface area contributed by atoms with Gasteiger partial charge in [0.15, 0.2) is 11.1 Å². The van der Waals surface area contributed by atoms with Crippen molar-refractivity contribution in [2.45, 2.75) is 18.1 Å². The van der Waals surface area contributed by atoms with Crippen LogP contribution in [0.15, 0.2) is 0 Å². The van der Waals surface area contributed by atoms with Gasteiger partial charge in [0.2, 0.25) is 0 Å². The highest BCUT2D eigenvalue weighted by atomic mass is 32.2. The van der Waals surface area contributed by atoms with Gasteiger partial charge in [-0.2, -0.15) is 0 Å². The minimum Gasteiger partial charge on any atom is -0.453 e. The molecule has 0 aromatic rings. The summed E-state index contributed by atoms with van der Waals surface area (Å²) >= 11 is -1.76. The first-order valence-corrected chi connectivity index (χ1v) is 5.24. The van der Waals surface area contributed by atoms with Crippen molar-refractivity contribution in [1.82, 2.24) is 4.90 Å². The van der Waals surface area contributed by atoms with E-state index in [9.17, 15) is 9.00 Å². The van der Waals surface area contributed by atoms with Crippen molar-refractivity contribution in [2.75, 3.05) is 20.2 Å². The molecule has 6 heteroatoms. The molecule has 1 amide bonds. The van der Waals surface area contributed by atoms with Gasteiger partial charge in [0.1, 0.15) is 0 Å². The molecule has 1 fully saturated rings. The lowest BCUT2D eigenvalue weighted by Crippen LogP contribution is -2.41. The van der Waals surface area contributed by atoms with Crippen molar-refractivity contribution in [3.63, 3.8) is 0 Å². The van der Waals surface area contributed by atoms with Gasteiger partial charge in [0.25, 0.3) is 0 Å². The fourth-order valence-electron chi connectivity index (χ4n) is 1.37. The molecule has 1 unspecified atom stereocenters. The van der Waals surface area contributed by atoms with E-state index in [1.165, 1.54) is 7.11 Å². The Morgan fingerprint density at radius 3 is 2.46 bits per heavy atom. The van der Waals surface area contributed by atoms with Crippen molar-refractivity contribution < 1.29 is 18.3 Å². The summed E-state index contributed by atoms with van der Waals surface area (Å²) < 4.78 is 24.0. The van der Waals surface area contributed by atoms with E-state index in [1.54, 1.807) is 4.90 Å². The molecule has 13 heavy (non-hydrogen) atoms. The van der Waals surface area contributed by atoms with Crippen LogP contribution in [0.5, 0.6) is 0 Å². The molecule has 0 radical (unpaired) electrons. The Balaban J connectivity index is 2.39. The third-order valence-corrected chi connectivity index (χ3v) is 3.20. The van der Waals surface area contributed by atoms with E-state index in [1.807, 2.05) is 0 Å². The number of carbonyl (C=O) groups is 1. The predicted octanol–water partition coefficient (Wildman–Crippen LogP) is 0.439. The van der Waals surface area contributed by atoms with Gasteiger partial charge in [-0.25, -0.2) is 9.00 Å². The summed E-state index contributed by atoms with van der Waals surface area (Å²) in [6.45, 7) is 1.01. The number of carbonyl (C=O) groups excluding carboxylic acids is 1. The third-order valence-electron chi connectivity index (χ3n) is 2.16. The van der Waals surface area contributed by atoms with Gasteiger partial charge in [0, 0.05) is 13.1 Å². The Morgan fingerprint density at radius 2 is 2.08 bits per heavy atom. The first-order chi connectivity index (χ1) is 6.15. The maximum Gasteiger partial charge on any atom is 0.409 e. The van der Waals surface area contributed by atoms with Crippen molar-refractivity contribution >= 4 is 17.2 Å². The number of piperidine rings is 1. The van der Waals surface area contributed by atoms with Gasteiger partial charge in [-0.1, -0.05) is 0 Å². The maximum absolute atomic E-state index is 11.0. The van der Waals surface area contributed by atoms with E-state index in [-0.39, 0.29) is 11.3 Å². The highest BCUT2D eigenvalue weighted by Crippen LogP contribution is 2.14. The van der Waals surface area contributed by atoms with Crippen molar-refractivity contribution in [2.24, 2.45) is 0 Å². The zero-order valence-electron chi connectivity index (χ0n) is 7.43. The molecule has 0 saturated carbocycles. The van der Waals surface area contributed by atoms with Gasteiger partial charge in [-0.15, -0.1) is 0 Å². The van der Waals surface area contributed by atoms with E-state index < -0.39 is 11.1 Å². The van der Waals surface area contributed by atoms with Crippen LogP contribution in [-0.2, 0) is 15.8 Å². The van der Waals surface area contributed by atoms with Crippen LogP contribution in [0.1, 0.15) is 12.8 Å². The molecule has 0 aliphatic carbocycles. The monoisotopic (exact) mass is 207 g/mol. The SMILES string of the molecule is COC(=O)N1CCC(S(=O)O)CC1. The summed E-state index contributed by atoms with van der Waals surface area (Å²) in [5.74, 6) is 0. The van der Waals surface area contributed by atoms with Crippen LogP contribution in [0.4, 0.5) is 4.79 Å². The normalized spacial score (nSPS) is 21.2. The van der Waals surface area contributed by atoms with Gasteiger partial charge in [0.05, 0.1) is 12.4 Å². The fraction of sp³-hybridized carbons (Fsp3) is 0.857. The number of likely N-dealkylation sites (tertiary alicyclic amines) is 1. The molecule has 1 N–H and O–H groups in total. The van der Waals surface area contributed by atoms with Crippen LogP contribution >= 0.6 is 0 Å². The van der Waals surface area contributed by atoms with Gasteiger partial charge in [-0.05, 0) is 12.8 Å². The van der Waals surface area contributed by atoms with E-state index in [0.717, 1.165) is 0 Å². The second-order valence-electron chi connectivity index (χ2n) is 2.93. The zero-order valence-corrected chi connectivity index (χ0v) is 8.25. The Labute approximate surface area is 79.3 Å².